The van der Waals surface area contributed by atoms with Gasteiger partial charge >= 0.3 is 6.03 Å². The van der Waals surface area contributed by atoms with E-state index in [4.69, 9.17) is 5.26 Å². The third-order valence-electron chi connectivity index (χ3n) is 2.99. The first kappa shape index (κ1) is 12.9. The number of nitrogens with zero attached hydrogens (tertiary/aromatic N) is 2. The van der Waals surface area contributed by atoms with Gasteiger partial charge in [0.25, 0.3) is 0 Å². The van der Waals surface area contributed by atoms with Crippen molar-refractivity contribution in [3.05, 3.63) is 28.2 Å². The first-order valence-electron chi connectivity index (χ1n) is 5.96. The van der Waals surface area contributed by atoms with E-state index in [1.807, 2.05) is 6.07 Å². The molecule has 0 atom stereocenters. The van der Waals surface area contributed by atoms with E-state index in [1.54, 1.807) is 17.0 Å². The van der Waals surface area contributed by atoms with Crippen LogP contribution in [0.4, 0.5) is 10.5 Å². The summed E-state index contributed by atoms with van der Waals surface area (Å²) in [5, 5.41) is 11.8. The first-order valence-corrected chi connectivity index (χ1v) is 6.75. The van der Waals surface area contributed by atoms with Crippen LogP contribution < -0.4 is 5.32 Å². The molecule has 1 aromatic rings. The second kappa shape index (κ2) is 5.87. The van der Waals surface area contributed by atoms with Crippen molar-refractivity contribution in [2.24, 2.45) is 0 Å². The Kier molecular flexibility index (Phi) is 4.21. The third-order valence-corrected chi connectivity index (χ3v) is 3.48. The molecule has 1 aromatic carbocycles. The summed E-state index contributed by atoms with van der Waals surface area (Å²) in [5.74, 6) is 0. The molecule has 1 saturated heterocycles. The van der Waals surface area contributed by atoms with Crippen molar-refractivity contribution in [3.63, 3.8) is 0 Å². The highest BCUT2D eigenvalue weighted by Crippen LogP contribution is 2.21. The molecule has 0 unspecified atom stereocenters. The Balaban J connectivity index is 2.09. The quantitative estimate of drug-likeness (QED) is 0.865. The number of nitriles is 1. The third kappa shape index (κ3) is 3.02. The van der Waals surface area contributed by atoms with Gasteiger partial charge in [-0.2, -0.15) is 5.26 Å². The zero-order valence-electron chi connectivity index (χ0n) is 9.95. The number of benzene rings is 1. The number of hydrogen-bond donors (Lipinski definition) is 1. The van der Waals surface area contributed by atoms with E-state index in [-0.39, 0.29) is 6.03 Å². The molecular formula is C13H14BrN3O. The minimum absolute atomic E-state index is 0.117. The Bertz CT molecular complexity index is 489. The number of carbonyl (C=O) groups is 1. The highest BCUT2D eigenvalue weighted by Gasteiger charge is 2.17. The molecule has 2 amide bonds. The summed E-state index contributed by atoms with van der Waals surface area (Å²) < 4.78 is 0.829. The highest BCUT2D eigenvalue weighted by atomic mass is 79.9. The van der Waals surface area contributed by atoms with Gasteiger partial charge in [-0.1, -0.05) is 15.9 Å². The number of likely N-dealkylation sites (tertiary alicyclic amines) is 1. The fourth-order valence-corrected chi connectivity index (χ4v) is 2.37. The smallest absolute Gasteiger partial charge is 0.321 e. The van der Waals surface area contributed by atoms with E-state index >= 15 is 0 Å². The monoisotopic (exact) mass is 307 g/mol. The molecule has 1 aliphatic rings. The lowest BCUT2D eigenvalue weighted by Gasteiger charge is -2.26. The molecule has 1 heterocycles. The molecule has 0 spiro atoms. The molecule has 1 N–H and O–H groups in total. The van der Waals surface area contributed by atoms with Gasteiger partial charge in [0.2, 0.25) is 0 Å². The Morgan fingerprint density at radius 2 is 2.06 bits per heavy atom. The van der Waals surface area contributed by atoms with E-state index in [0.29, 0.717) is 11.3 Å². The number of anilines is 1. The molecule has 0 radical (unpaired) electrons. The molecule has 18 heavy (non-hydrogen) atoms. The van der Waals surface area contributed by atoms with Gasteiger partial charge in [0.1, 0.15) is 6.07 Å². The normalized spacial score (nSPS) is 15.0. The average Bonchev–Trinajstić information content (AvgIpc) is 2.41. The van der Waals surface area contributed by atoms with Gasteiger partial charge in [-0.25, -0.2) is 4.79 Å². The van der Waals surface area contributed by atoms with Crippen molar-refractivity contribution in [2.75, 3.05) is 18.4 Å². The van der Waals surface area contributed by atoms with Crippen molar-refractivity contribution in [1.82, 2.24) is 4.90 Å². The molecule has 94 valence electrons. The van der Waals surface area contributed by atoms with Crippen LogP contribution >= 0.6 is 15.9 Å². The summed E-state index contributed by atoms with van der Waals surface area (Å²) in [6.45, 7) is 1.59. The van der Waals surface area contributed by atoms with Crippen LogP contribution in [0.3, 0.4) is 0 Å². The molecule has 0 saturated carbocycles. The lowest BCUT2D eigenvalue weighted by atomic mass is 10.1. The van der Waals surface area contributed by atoms with E-state index in [9.17, 15) is 4.79 Å². The van der Waals surface area contributed by atoms with Gasteiger partial charge in [0.15, 0.2) is 0 Å². The van der Waals surface area contributed by atoms with Gasteiger partial charge < -0.3 is 10.2 Å². The number of rotatable bonds is 1. The van der Waals surface area contributed by atoms with Crippen molar-refractivity contribution in [2.45, 2.75) is 19.3 Å². The van der Waals surface area contributed by atoms with E-state index in [2.05, 4.69) is 27.3 Å². The fraction of sp³-hybridized carbons (Fsp3) is 0.385. The zero-order chi connectivity index (χ0) is 13.0. The molecule has 0 aliphatic carbocycles. The Hall–Kier alpha value is -1.54. The summed E-state index contributed by atoms with van der Waals surface area (Å²) in [6, 6.07) is 7.22. The molecule has 1 aliphatic heterocycles. The summed E-state index contributed by atoms with van der Waals surface area (Å²) >= 11 is 3.31. The lowest BCUT2D eigenvalue weighted by molar-refractivity contribution is 0.200. The van der Waals surface area contributed by atoms with Crippen LogP contribution in [0.2, 0.25) is 0 Å². The van der Waals surface area contributed by atoms with Crippen molar-refractivity contribution in [1.29, 1.82) is 5.26 Å². The maximum absolute atomic E-state index is 12.0. The molecule has 0 bridgehead atoms. The second-order valence-corrected chi connectivity index (χ2v) is 5.20. The average molecular weight is 308 g/mol. The Labute approximate surface area is 115 Å². The first-order chi connectivity index (χ1) is 8.70. The SMILES string of the molecule is N#Cc1cc(Br)ccc1NC(=O)N1CCCCC1. The van der Waals surface area contributed by atoms with Crippen LogP contribution in [0, 0.1) is 11.3 Å². The number of carbonyl (C=O) groups excluding carboxylic acids is 1. The van der Waals surface area contributed by atoms with Gasteiger partial charge in [-0.15, -0.1) is 0 Å². The van der Waals surface area contributed by atoms with Crippen LogP contribution in [-0.2, 0) is 0 Å². The van der Waals surface area contributed by atoms with Gasteiger partial charge in [-0.05, 0) is 37.5 Å². The minimum atomic E-state index is -0.117. The topological polar surface area (TPSA) is 56.1 Å². The van der Waals surface area contributed by atoms with Crippen LogP contribution in [0.5, 0.6) is 0 Å². The maximum Gasteiger partial charge on any atom is 0.321 e. The predicted molar refractivity (Wildman–Crippen MR) is 73.3 cm³/mol. The van der Waals surface area contributed by atoms with Crippen LogP contribution in [0.15, 0.2) is 22.7 Å². The number of halogens is 1. The molecule has 0 aromatic heterocycles. The Morgan fingerprint density at radius 1 is 1.33 bits per heavy atom. The lowest BCUT2D eigenvalue weighted by Crippen LogP contribution is -2.38. The van der Waals surface area contributed by atoms with Gasteiger partial charge in [-0.3, -0.25) is 0 Å². The number of nitrogens with one attached hydrogen (secondary N) is 1. The van der Waals surface area contributed by atoms with Crippen LogP contribution in [-0.4, -0.2) is 24.0 Å². The second-order valence-electron chi connectivity index (χ2n) is 4.28. The van der Waals surface area contributed by atoms with Gasteiger partial charge in [0, 0.05) is 17.6 Å². The molecule has 5 heteroatoms. The number of hydrogen-bond acceptors (Lipinski definition) is 2. The van der Waals surface area contributed by atoms with E-state index < -0.39 is 0 Å². The number of piperidine rings is 1. The number of amides is 2. The van der Waals surface area contributed by atoms with Crippen molar-refractivity contribution in [3.8, 4) is 6.07 Å². The fourth-order valence-electron chi connectivity index (χ4n) is 2.01. The van der Waals surface area contributed by atoms with E-state index in [0.717, 1.165) is 30.4 Å². The zero-order valence-corrected chi connectivity index (χ0v) is 11.5. The largest absolute Gasteiger partial charge is 0.325 e. The molecule has 1 fully saturated rings. The number of urea groups is 1. The van der Waals surface area contributed by atoms with Crippen LogP contribution in [0.1, 0.15) is 24.8 Å². The highest BCUT2D eigenvalue weighted by molar-refractivity contribution is 9.10. The minimum Gasteiger partial charge on any atom is -0.325 e. The van der Waals surface area contributed by atoms with Gasteiger partial charge in [0.05, 0.1) is 11.3 Å². The van der Waals surface area contributed by atoms with E-state index in [1.165, 1.54) is 6.42 Å². The molecular weight excluding hydrogens is 294 g/mol. The maximum atomic E-state index is 12.0. The summed E-state index contributed by atoms with van der Waals surface area (Å²) in [4.78, 5) is 13.8. The Morgan fingerprint density at radius 3 is 2.72 bits per heavy atom. The summed E-state index contributed by atoms with van der Waals surface area (Å²) in [7, 11) is 0. The summed E-state index contributed by atoms with van der Waals surface area (Å²) in [6.07, 6.45) is 3.29. The standard InChI is InChI=1S/C13H14BrN3O/c14-11-4-5-12(10(8-11)9-15)16-13(18)17-6-2-1-3-7-17/h4-5,8H,1-3,6-7H2,(H,16,18). The molecule has 2 rings (SSSR count). The molecule has 4 nitrogen and oxygen atoms in total. The van der Waals surface area contributed by atoms with Crippen molar-refractivity contribution >= 4 is 27.6 Å². The summed E-state index contributed by atoms with van der Waals surface area (Å²) in [5.41, 5.74) is 1.03. The van der Waals surface area contributed by atoms with Crippen LogP contribution in [0.25, 0.3) is 0 Å². The predicted octanol–water partition coefficient (Wildman–Crippen LogP) is 3.34. The van der Waals surface area contributed by atoms with Crippen molar-refractivity contribution < 1.29 is 4.79 Å².